The van der Waals surface area contributed by atoms with Gasteiger partial charge in [0.15, 0.2) is 23.2 Å². The monoisotopic (exact) mass is 524 g/mol. The molecule has 1 aliphatic rings. The molecule has 0 aromatic heterocycles. The SMILES string of the molecule is CCCCCCCOc1ccc(OCC2CCC(c3ccc(-c4ccc(C)cc4)c(F)c3F)CC2)cc1F. The molecule has 0 spiro atoms. The summed E-state index contributed by atoms with van der Waals surface area (Å²) >= 11 is 0. The van der Waals surface area contributed by atoms with E-state index in [0.717, 1.165) is 44.1 Å². The van der Waals surface area contributed by atoms with Gasteiger partial charge in [-0.1, -0.05) is 74.6 Å². The number of ether oxygens (including phenoxy) is 2. The van der Waals surface area contributed by atoms with E-state index in [1.807, 2.05) is 31.2 Å². The number of aryl methyl sites for hydroxylation is 1. The molecular weight excluding hydrogens is 485 g/mol. The van der Waals surface area contributed by atoms with Gasteiger partial charge in [-0.2, -0.15) is 0 Å². The average molecular weight is 525 g/mol. The fourth-order valence-corrected chi connectivity index (χ4v) is 5.27. The number of benzene rings is 3. The highest BCUT2D eigenvalue weighted by atomic mass is 19.2. The average Bonchev–Trinajstić information content (AvgIpc) is 2.93. The molecule has 1 saturated carbocycles. The molecule has 38 heavy (non-hydrogen) atoms. The van der Waals surface area contributed by atoms with Gasteiger partial charge in [-0.3, -0.25) is 0 Å². The van der Waals surface area contributed by atoms with Gasteiger partial charge in [0.05, 0.1) is 13.2 Å². The Morgan fingerprint density at radius 1 is 0.763 bits per heavy atom. The molecule has 0 bridgehead atoms. The van der Waals surface area contributed by atoms with Crippen molar-refractivity contribution in [3.63, 3.8) is 0 Å². The van der Waals surface area contributed by atoms with E-state index >= 15 is 4.39 Å². The van der Waals surface area contributed by atoms with Gasteiger partial charge in [-0.25, -0.2) is 13.2 Å². The summed E-state index contributed by atoms with van der Waals surface area (Å²) in [4.78, 5) is 0. The number of rotatable bonds is 12. The molecule has 0 N–H and O–H groups in total. The van der Waals surface area contributed by atoms with E-state index < -0.39 is 17.5 Å². The highest BCUT2D eigenvalue weighted by Gasteiger charge is 2.27. The van der Waals surface area contributed by atoms with Crippen molar-refractivity contribution in [1.82, 2.24) is 0 Å². The van der Waals surface area contributed by atoms with Crippen molar-refractivity contribution in [2.45, 2.75) is 77.6 Å². The maximum Gasteiger partial charge on any atom is 0.168 e. The topological polar surface area (TPSA) is 18.5 Å². The molecule has 0 heterocycles. The second-order valence-electron chi connectivity index (χ2n) is 10.6. The van der Waals surface area contributed by atoms with Crippen LogP contribution in [0.15, 0.2) is 54.6 Å². The highest BCUT2D eigenvalue weighted by Crippen LogP contribution is 2.39. The zero-order chi connectivity index (χ0) is 26.9. The zero-order valence-corrected chi connectivity index (χ0v) is 22.6. The maximum absolute atomic E-state index is 15.1. The van der Waals surface area contributed by atoms with E-state index in [2.05, 4.69) is 6.92 Å². The summed E-state index contributed by atoms with van der Waals surface area (Å²) in [6.07, 6.45) is 8.87. The largest absolute Gasteiger partial charge is 0.493 e. The van der Waals surface area contributed by atoms with Crippen LogP contribution < -0.4 is 9.47 Å². The predicted octanol–water partition coefficient (Wildman–Crippen LogP) is 9.78. The third-order valence-corrected chi connectivity index (χ3v) is 7.66. The van der Waals surface area contributed by atoms with Crippen LogP contribution in [0.25, 0.3) is 11.1 Å². The summed E-state index contributed by atoms with van der Waals surface area (Å²) in [6.45, 7) is 5.14. The van der Waals surface area contributed by atoms with Crippen LogP contribution in [0.3, 0.4) is 0 Å². The highest BCUT2D eigenvalue weighted by molar-refractivity contribution is 5.65. The van der Waals surface area contributed by atoms with Crippen molar-refractivity contribution in [2.75, 3.05) is 13.2 Å². The third-order valence-electron chi connectivity index (χ3n) is 7.66. The Morgan fingerprint density at radius 2 is 1.50 bits per heavy atom. The quantitative estimate of drug-likeness (QED) is 0.220. The molecule has 204 valence electrons. The van der Waals surface area contributed by atoms with E-state index in [1.54, 1.807) is 24.3 Å². The van der Waals surface area contributed by atoms with Crippen molar-refractivity contribution in [3.8, 4) is 22.6 Å². The Kier molecular flexibility index (Phi) is 10.1. The molecule has 0 unspecified atom stereocenters. The fourth-order valence-electron chi connectivity index (χ4n) is 5.27. The van der Waals surface area contributed by atoms with Crippen LogP contribution in [0.5, 0.6) is 11.5 Å². The third kappa shape index (κ3) is 7.33. The lowest BCUT2D eigenvalue weighted by Crippen LogP contribution is -2.20. The molecule has 0 saturated heterocycles. The summed E-state index contributed by atoms with van der Waals surface area (Å²) in [5, 5.41) is 0. The summed E-state index contributed by atoms with van der Waals surface area (Å²) in [5.41, 5.74) is 2.51. The first-order chi connectivity index (χ1) is 18.5. The molecule has 2 nitrogen and oxygen atoms in total. The van der Waals surface area contributed by atoms with Crippen LogP contribution >= 0.6 is 0 Å². The first-order valence-electron chi connectivity index (χ1n) is 14.1. The predicted molar refractivity (Wildman–Crippen MR) is 147 cm³/mol. The Hall–Kier alpha value is -2.95. The Balaban J connectivity index is 1.25. The molecule has 0 atom stereocenters. The number of halogens is 3. The first-order valence-corrected chi connectivity index (χ1v) is 14.1. The van der Waals surface area contributed by atoms with Crippen LogP contribution in [0, 0.1) is 30.3 Å². The molecule has 3 aromatic carbocycles. The van der Waals surface area contributed by atoms with Gasteiger partial charge in [0.1, 0.15) is 5.75 Å². The Labute approximate surface area is 225 Å². The molecular formula is C33H39F3O2. The van der Waals surface area contributed by atoms with Crippen molar-refractivity contribution in [3.05, 3.63) is 83.2 Å². The molecule has 4 rings (SSSR count). The second-order valence-corrected chi connectivity index (χ2v) is 10.6. The molecule has 1 aliphatic carbocycles. The summed E-state index contributed by atoms with van der Waals surface area (Å²) in [5.74, 6) is -0.886. The number of hydrogen-bond acceptors (Lipinski definition) is 2. The molecule has 5 heteroatoms. The van der Waals surface area contributed by atoms with E-state index in [0.29, 0.717) is 41.6 Å². The van der Waals surface area contributed by atoms with Crippen LogP contribution in [0.2, 0.25) is 0 Å². The van der Waals surface area contributed by atoms with Gasteiger partial charge in [0.25, 0.3) is 0 Å². The van der Waals surface area contributed by atoms with Crippen molar-refractivity contribution < 1.29 is 22.6 Å². The molecule has 0 radical (unpaired) electrons. The van der Waals surface area contributed by atoms with Gasteiger partial charge in [-0.05, 0) is 74.1 Å². The first kappa shape index (κ1) is 28.1. The minimum Gasteiger partial charge on any atom is -0.493 e. The van der Waals surface area contributed by atoms with Crippen molar-refractivity contribution >= 4 is 0 Å². The smallest absolute Gasteiger partial charge is 0.168 e. The van der Waals surface area contributed by atoms with Gasteiger partial charge in [-0.15, -0.1) is 0 Å². The summed E-state index contributed by atoms with van der Waals surface area (Å²) < 4.78 is 55.9. The fraction of sp³-hybridized carbons (Fsp3) is 0.455. The van der Waals surface area contributed by atoms with E-state index in [9.17, 15) is 8.78 Å². The summed E-state index contributed by atoms with van der Waals surface area (Å²) in [7, 11) is 0. The molecule has 0 aliphatic heterocycles. The van der Waals surface area contributed by atoms with Gasteiger partial charge in [0.2, 0.25) is 0 Å². The van der Waals surface area contributed by atoms with Crippen LogP contribution in [0.1, 0.15) is 81.8 Å². The van der Waals surface area contributed by atoms with Crippen LogP contribution in [-0.4, -0.2) is 13.2 Å². The van der Waals surface area contributed by atoms with E-state index in [4.69, 9.17) is 9.47 Å². The van der Waals surface area contributed by atoms with Gasteiger partial charge < -0.3 is 9.47 Å². The minimum absolute atomic E-state index is 0.0105. The molecule has 3 aromatic rings. The minimum atomic E-state index is -0.775. The lowest BCUT2D eigenvalue weighted by Gasteiger charge is -2.29. The van der Waals surface area contributed by atoms with Gasteiger partial charge >= 0.3 is 0 Å². The lowest BCUT2D eigenvalue weighted by molar-refractivity contribution is 0.198. The van der Waals surface area contributed by atoms with Crippen molar-refractivity contribution in [1.29, 1.82) is 0 Å². The zero-order valence-electron chi connectivity index (χ0n) is 22.6. The lowest BCUT2D eigenvalue weighted by atomic mass is 9.78. The Bertz CT molecular complexity index is 1170. The van der Waals surface area contributed by atoms with Gasteiger partial charge in [0, 0.05) is 11.6 Å². The van der Waals surface area contributed by atoms with E-state index in [1.165, 1.54) is 25.3 Å². The maximum atomic E-state index is 15.1. The standard InChI is InChI=1S/C33H39F3O2/c1-3-4-5-6-7-20-37-31-19-16-27(21-30(31)34)38-22-24-10-14-26(15-11-24)29-18-17-28(32(35)33(29)36)25-12-8-23(2)9-13-25/h8-9,12-13,16-19,21,24,26H,3-7,10-11,14-15,20,22H2,1-2H3. The van der Waals surface area contributed by atoms with Crippen LogP contribution in [0.4, 0.5) is 13.2 Å². The van der Waals surface area contributed by atoms with Crippen molar-refractivity contribution in [2.24, 2.45) is 5.92 Å². The number of unbranched alkanes of at least 4 members (excludes halogenated alkanes) is 4. The van der Waals surface area contributed by atoms with Crippen LogP contribution in [-0.2, 0) is 0 Å². The Morgan fingerprint density at radius 3 is 2.21 bits per heavy atom. The van der Waals surface area contributed by atoms with E-state index in [-0.39, 0.29) is 11.7 Å². The number of hydrogen-bond donors (Lipinski definition) is 0. The molecule has 1 fully saturated rings. The summed E-state index contributed by atoms with van der Waals surface area (Å²) in [6, 6.07) is 15.6. The molecule has 0 amide bonds. The second kappa shape index (κ2) is 13.7. The normalized spacial score (nSPS) is 17.4.